The fourth-order valence-electron chi connectivity index (χ4n) is 3.03. The van der Waals surface area contributed by atoms with Crippen LogP contribution in [0.3, 0.4) is 0 Å². The summed E-state index contributed by atoms with van der Waals surface area (Å²) >= 11 is 0. The third kappa shape index (κ3) is 6.47. The highest BCUT2D eigenvalue weighted by atomic mass is 32.2. The van der Waals surface area contributed by atoms with E-state index in [-0.39, 0.29) is 17.9 Å². The zero-order valence-corrected chi connectivity index (χ0v) is 18.8. The summed E-state index contributed by atoms with van der Waals surface area (Å²) in [7, 11) is -2.12. The van der Waals surface area contributed by atoms with Crippen LogP contribution in [0.25, 0.3) is 0 Å². The van der Waals surface area contributed by atoms with Crippen LogP contribution in [0.15, 0.2) is 66.7 Å². The van der Waals surface area contributed by atoms with Gasteiger partial charge in [-0.3, -0.25) is 14.3 Å². The van der Waals surface area contributed by atoms with E-state index in [4.69, 9.17) is 15.2 Å². The van der Waals surface area contributed by atoms with E-state index >= 15 is 0 Å². The molecule has 172 valence electrons. The van der Waals surface area contributed by atoms with Crippen LogP contribution in [-0.4, -0.2) is 33.6 Å². The van der Waals surface area contributed by atoms with E-state index in [1.807, 2.05) is 0 Å². The minimum Gasteiger partial charge on any atom is -0.495 e. The van der Waals surface area contributed by atoms with Crippen LogP contribution in [0.5, 0.6) is 11.5 Å². The normalized spacial score (nSPS) is 10.8. The number of sulfonamides is 1. The van der Waals surface area contributed by atoms with Crippen molar-refractivity contribution in [3.05, 3.63) is 83.4 Å². The molecule has 9 nitrogen and oxygen atoms in total. The molecule has 0 aromatic heterocycles. The van der Waals surface area contributed by atoms with Gasteiger partial charge in [-0.05, 0) is 48.0 Å². The molecule has 0 saturated carbocycles. The molecule has 0 spiro atoms. The van der Waals surface area contributed by atoms with Crippen molar-refractivity contribution in [1.82, 2.24) is 0 Å². The van der Waals surface area contributed by atoms with Crippen molar-refractivity contribution in [2.75, 3.05) is 23.4 Å². The average molecular weight is 470 g/mol. The molecular formula is C23H23N3O6S. The molecule has 0 radical (unpaired) electrons. The van der Waals surface area contributed by atoms with Crippen molar-refractivity contribution in [3.8, 4) is 11.5 Å². The molecule has 3 rings (SSSR count). The number of hydrogen-bond acceptors (Lipinski definition) is 6. The van der Waals surface area contributed by atoms with Gasteiger partial charge in [-0.15, -0.1) is 0 Å². The summed E-state index contributed by atoms with van der Waals surface area (Å²) in [4.78, 5) is 24.3. The summed E-state index contributed by atoms with van der Waals surface area (Å²) in [6.07, 6.45) is 1.02. The van der Waals surface area contributed by atoms with Crippen molar-refractivity contribution in [2.45, 2.75) is 6.61 Å². The second kappa shape index (κ2) is 10.0. The van der Waals surface area contributed by atoms with Gasteiger partial charge in [0, 0.05) is 11.3 Å². The Kier molecular flexibility index (Phi) is 7.19. The van der Waals surface area contributed by atoms with Crippen LogP contribution in [-0.2, 0) is 16.6 Å². The van der Waals surface area contributed by atoms with Crippen LogP contribution < -0.4 is 25.2 Å². The summed E-state index contributed by atoms with van der Waals surface area (Å²) in [6.45, 7) is 0.121. The molecule has 0 aliphatic carbocycles. The first-order chi connectivity index (χ1) is 15.7. The number of nitrogens with two attached hydrogens (primary N) is 1. The van der Waals surface area contributed by atoms with Gasteiger partial charge in [-0.25, -0.2) is 8.42 Å². The van der Waals surface area contributed by atoms with Gasteiger partial charge < -0.3 is 20.5 Å². The Labute approximate surface area is 191 Å². The molecular weight excluding hydrogens is 446 g/mol. The molecule has 4 N–H and O–H groups in total. The first-order valence-corrected chi connectivity index (χ1v) is 11.6. The molecule has 2 amide bonds. The molecule has 0 bridgehead atoms. The number of anilines is 2. The Morgan fingerprint density at radius 2 is 1.73 bits per heavy atom. The van der Waals surface area contributed by atoms with Gasteiger partial charge in [0.2, 0.25) is 10.0 Å². The van der Waals surface area contributed by atoms with Crippen LogP contribution in [0.4, 0.5) is 11.4 Å². The lowest BCUT2D eigenvalue weighted by Crippen LogP contribution is -2.14. The van der Waals surface area contributed by atoms with Gasteiger partial charge in [-0.1, -0.05) is 24.3 Å². The first-order valence-electron chi connectivity index (χ1n) is 9.74. The van der Waals surface area contributed by atoms with Crippen molar-refractivity contribution in [1.29, 1.82) is 0 Å². The maximum absolute atomic E-state index is 12.8. The minimum absolute atomic E-state index is 0.121. The molecule has 0 atom stereocenters. The second-order valence-corrected chi connectivity index (χ2v) is 8.84. The fourth-order valence-corrected chi connectivity index (χ4v) is 3.59. The number of benzene rings is 3. The lowest BCUT2D eigenvalue weighted by atomic mass is 10.1. The molecule has 0 saturated heterocycles. The van der Waals surface area contributed by atoms with Crippen LogP contribution in [0, 0.1) is 0 Å². The Hall–Kier alpha value is -4.05. The Bertz CT molecular complexity index is 1290. The number of carbonyl (C=O) groups is 2. The second-order valence-electron chi connectivity index (χ2n) is 7.09. The summed E-state index contributed by atoms with van der Waals surface area (Å²) in [5, 5.41) is 2.73. The van der Waals surface area contributed by atoms with Gasteiger partial charge in [0.25, 0.3) is 11.8 Å². The maximum Gasteiger partial charge on any atom is 0.255 e. The van der Waals surface area contributed by atoms with Crippen molar-refractivity contribution < 1.29 is 27.5 Å². The number of methoxy groups -OCH3 is 1. The monoisotopic (exact) mass is 469 g/mol. The van der Waals surface area contributed by atoms with Gasteiger partial charge in [0.15, 0.2) is 0 Å². The number of ether oxygens (including phenoxy) is 2. The average Bonchev–Trinajstić information content (AvgIpc) is 2.77. The summed E-state index contributed by atoms with van der Waals surface area (Å²) < 4.78 is 36.4. The van der Waals surface area contributed by atoms with E-state index in [1.54, 1.807) is 60.7 Å². The SMILES string of the molecule is COc1ccc(NC(=O)c2cccc(COc3ccccc3C(N)=O)c2)cc1NS(C)(=O)=O. The third-order valence-corrected chi connectivity index (χ3v) is 5.08. The minimum atomic E-state index is -3.54. The molecule has 3 aromatic rings. The predicted octanol–water partition coefficient (Wildman–Crippen LogP) is 3.00. The van der Waals surface area contributed by atoms with E-state index < -0.39 is 21.8 Å². The molecule has 3 aromatic carbocycles. The number of carbonyl (C=O) groups excluding carboxylic acids is 2. The van der Waals surface area contributed by atoms with Gasteiger partial charge in [0.05, 0.1) is 24.6 Å². The smallest absolute Gasteiger partial charge is 0.255 e. The van der Waals surface area contributed by atoms with E-state index in [1.165, 1.54) is 13.2 Å². The highest BCUT2D eigenvalue weighted by Gasteiger charge is 2.13. The molecule has 0 aliphatic heterocycles. The predicted molar refractivity (Wildman–Crippen MR) is 125 cm³/mol. The summed E-state index contributed by atoms with van der Waals surface area (Å²) in [6, 6.07) is 18.0. The van der Waals surface area contributed by atoms with Crippen LogP contribution in [0.1, 0.15) is 26.3 Å². The van der Waals surface area contributed by atoms with Gasteiger partial charge >= 0.3 is 0 Å². The number of hydrogen-bond donors (Lipinski definition) is 3. The number of amides is 2. The van der Waals surface area contributed by atoms with E-state index in [0.717, 1.165) is 6.26 Å². The van der Waals surface area contributed by atoms with Gasteiger partial charge in [0.1, 0.15) is 18.1 Å². The van der Waals surface area contributed by atoms with Crippen LogP contribution >= 0.6 is 0 Å². The Morgan fingerprint density at radius 1 is 0.970 bits per heavy atom. The standard InChI is InChI=1S/C23H23N3O6S/c1-31-21-11-10-17(13-19(21)26-33(2,29)30)25-23(28)16-7-5-6-15(12-16)14-32-20-9-4-3-8-18(20)22(24)27/h3-13,26H,14H2,1-2H3,(H2,24,27)(H,25,28). The number of primary amides is 1. The quantitative estimate of drug-likeness (QED) is 0.441. The molecule has 0 heterocycles. The number of rotatable bonds is 9. The third-order valence-electron chi connectivity index (χ3n) is 4.49. The Balaban J connectivity index is 1.74. The lowest BCUT2D eigenvalue weighted by molar-refractivity contribution is 0.0994. The van der Waals surface area contributed by atoms with E-state index in [0.29, 0.717) is 28.3 Å². The molecule has 10 heteroatoms. The van der Waals surface area contributed by atoms with E-state index in [2.05, 4.69) is 10.0 Å². The summed E-state index contributed by atoms with van der Waals surface area (Å²) in [5.41, 5.74) is 7.29. The molecule has 0 fully saturated rings. The van der Waals surface area contributed by atoms with Crippen LogP contribution in [0.2, 0.25) is 0 Å². The highest BCUT2D eigenvalue weighted by Crippen LogP contribution is 2.29. The molecule has 0 aliphatic rings. The van der Waals surface area contributed by atoms with E-state index in [9.17, 15) is 18.0 Å². The van der Waals surface area contributed by atoms with Crippen molar-refractivity contribution >= 4 is 33.2 Å². The topological polar surface area (TPSA) is 137 Å². The van der Waals surface area contributed by atoms with Gasteiger partial charge in [-0.2, -0.15) is 0 Å². The zero-order valence-electron chi connectivity index (χ0n) is 18.0. The van der Waals surface area contributed by atoms with Crippen molar-refractivity contribution in [2.24, 2.45) is 5.73 Å². The largest absolute Gasteiger partial charge is 0.495 e. The maximum atomic E-state index is 12.8. The molecule has 33 heavy (non-hydrogen) atoms. The lowest BCUT2D eigenvalue weighted by Gasteiger charge is -2.13. The fraction of sp³-hybridized carbons (Fsp3) is 0.130. The first kappa shape index (κ1) is 23.6. The zero-order chi connectivity index (χ0) is 24.0. The number of para-hydroxylation sites is 1. The molecule has 0 unspecified atom stereocenters. The summed E-state index contributed by atoms with van der Waals surface area (Å²) in [5.74, 6) is -0.328. The van der Waals surface area contributed by atoms with Crippen molar-refractivity contribution in [3.63, 3.8) is 0 Å². The number of nitrogens with one attached hydrogen (secondary N) is 2. The highest BCUT2D eigenvalue weighted by molar-refractivity contribution is 7.92. The Morgan fingerprint density at radius 3 is 2.42 bits per heavy atom.